The molecule has 0 aliphatic carbocycles. The Morgan fingerprint density at radius 2 is 1.91 bits per heavy atom. The summed E-state index contributed by atoms with van der Waals surface area (Å²) in [5, 5.41) is 0. The summed E-state index contributed by atoms with van der Waals surface area (Å²) >= 11 is 0. The van der Waals surface area contributed by atoms with Crippen LogP contribution in [0.25, 0.3) is 0 Å². The molecule has 2 aromatic rings. The third-order valence-corrected chi connectivity index (χ3v) is 4.48. The van der Waals surface area contributed by atoms with Crippen LogP contribution in [-0.2, 0) is 13.1 Å². The van der Waals surface area contributed by atoms with Crippen molar-refractivity contribution in [2.45, 2.75) is 32.9 Å². The molecular weight excluding hydrogens is 274 g/mol. The van der Waals surface area contributed by atoms with E-state index in [1.807, 2.05) is 6.92 Å². The zero-order chi connectivity index (χ0) is 15.4. The standard InChI is InChI=1S/C18H23N3O/c1-15-11-19-14-21(18(15)22)13-17-7-9-20(10-8-17)12-16-5-3-2-4-6-16/h2-6,11,14,17H,7-10,12-13H2,1H3. The highest BCUT2D eigenvalue weighted by molar-refractivity contribution is 5.14. The van der Waals surface area contributed by atoms with Gasteiger partial charge in [0.15, 0.2) is 0 Å². The van der Waals surface area contributed by atoms with Crippen LogP contribution in [0.5, 0.6) is 0 Å². The third kappa shape index (κ3) is 3.63. The fourth-order valence-corrected chi connectivity index (χ4v) is 3.14. The first-order valence-corrected chi connectivity index (χ1v) is 7.99. The maximum atomic E-state index is 12.1. The summed E-state index contributed by atoms with van der Waals surface area (Å²) in [7, 11) is 0. The molecule has 2 heterocycles. The quantitative estimate of drug-likeness (QED) is 0.870. The van der Waals surface area contributed by atoms with Crippen LogP contribution in [0.3, 0.4) is 0 Å². The lowest BCUT2D eigenvalue weighted by Crippen LogP contribution is -2.36. The van der Waals surface area contributed by atoms with E-state index >= 15 is 0 Å². The number of nitrogens with zero attached hydrogens (tertiary/aromatic N) is 3. The topological polar surface area (TPSA) is 38.1 Å². The average molecular weight is 297 g/mol. The van der Waals surface area contributed by atoms with Gasteiger partial charge in [0.25, 0.3) is 5.56 Å². The minimum Gasteiger partial charge on any atom is -0.299 e. The zero-order valence-electron chi connectivity index (χ0n) is 13.1. The minimum absolute atomic E-state index is 0.0988. The SMILES string of the molecule is Cc1cncn(CC2CCN(Cc3ccccc3)CC2)c1=O. The Balaban J connectivity index is 1.54. The lowest BCUT2D eigenvalue weighted by Gasteiger charge is -2.32. The van der Waals surface area contributed by atoms with Crippen molar-refractivity contribution >= 4 is 0 Å². The second kappa shape index (κ2) is 6.88. The van der Waals surface area contributed by atoms with Crippen molar-refractivity contribution in [1.82, 2.24) is 14.5 Å². The van der Waals surface area contributed by atoms with Gasteiger partial charge in [-0.2, -0.15) is 0 Å². The molecule has 0 N–H and O–H groups in total. The van der Waals surface area contributed by atoms with Crippen molar-refractivity contribution in [1.29, 1.82) is 0 Å². The molecule has 0 radical (unpaired) electrons. The number of hydrogen-bond acceptors (Lipinski definition) is 3. The molecule has 4 heteroatoms. The van der Waals surface area contributed by atoms with E-state index in [-0.39, 0.29) is 5.56 Å². The predicted molar refractivity (Wildman–Crippen MR) is 87.7 cm³/mol. The Bertz CT molecular complexity index is 658. The molecular formula is C18H23N3O. The summed E-state index contributed by atoms with van der Waals surface area (Å²) in [5.74, 6) is 0.577. The summed E-state index contributed by atoms with van der Waals surface area (Å²) in [5.41, 5.74) is 2.20. The zero-order valence-corrected chi connectivity index (χ0v) is 13.1. The number of piperidine rings is 1. The van der Waals surface area contributed by atoms with Crippen LogP contribution in [0.15, 0.2) is 47.7 Å². The second-order valence-corrected chi connectivity index (χ2v) is 6.24. The van der Waals surface area contributed by atoms with Crippen molar-refractivity contribution in [3.8, 4) is 0 Å². The van der Waals surface area contributed by atoms with Gasteiger partial charge in [0.1, 0.15) is 0 Å². The molecule has 1 aromatic carbocycles. The molecule has 116 valence electrons. The van der Waals surface area contributed by atoms with Gasteiger partial charge in [-0.25, -0.2) is 4.98 Å². The maximum absolute atomic E-state index is 12.1. The average Bonchev–Trinajstić information content (AvgIpc) is 2.55. The van der Waals surface area contributed by atoms with Crippen LogP contribution in [0.1, 0.15) is 24.0 Å². The highest BCUT2D eigenvalue weighted by atomic mass is 16.1. The van der Waals surface area contributed by atoms with Gasteiger partial charge in [-0.15, -0.1) is 0 Å². The normalized spacial score (nSPS) is 16.8. The summed E-state index contributed by atoms with van der Waals surface area (Å²) < 4.78 is 1.77. The maximum Gasteiger partial charge on any atom is 0.256 e. The molecule has 0 bridgehead atoms. The molecule has 0 unspecified atom stereocenters. The number of aromatic nitrogens is 2. The molecule has 4 nitrogen and oxygen atoms in total. The minimum atomic E-state index is 0.0988. The number of likely N-dealkylation sites (tertiary alicyclic amines) is 1. The number of benzene rings is 1. The lowest BCUT2D eigenvalue weighted by atomic mass is 9.96. The molecule has 22 heavy (non-hydrogen) atoms. The van der Waals surface area contributed by atoms with Gasteiger partial charge in [0.05, 0.1) is 6.33 Å². The third-order valence-electron chi connectivity index (χ3n) is 4.48. The van der Waals surface area contributed by atoms with E-state index in [1.54, 1.807) is 17.1 Å². The van der Waals surface area contributed by atoms with Gasteiger partial charge < -0.3 is 0 Å². The Kier molecular flexibility index (Phi) is 4.68. The van der Waals surface area contributed by atoms with Crippen LogP contribution in [0, 0.1) is 12.8 Å². The van der Waals surface area contributed by atoms with Crippen molar-refractivity contribution in [2.75, 3.05) is 13.1 Å². The van der Waals surface area contributed by atoms with E-state index in [0.29, 0.717) is 5.92 Å². The van der Waals surface area contributed by atoms with Crippen LogP contribution >= 0.6 is 0 Å². The first-order chi connectivity index (χ1) is 10.7. The smallest absolute Gasteiger partial charge is 0.256 e. The highest BCUT2D eigenvalue weighted by Gasteiger charge is 2.20. The number of rotatable bonds is 4. The summed E-state index contributed by atoms with van der Waals surface area (Å²) in [6, 6.07) is 10.6. The lowest BCUT2D eigenvalue weighted by molar-refractivity contribution is 0.166. The van der Waals surface area contributed by atoms with E-state index in [1.165, 1.54) is 5.56 Å². The molecule has 1 aliphatic rings. The molecule has 1 fully saturated rings. The predicted octanol–water partition coefficient (Wildman–Crippen LogP) is 2.46. The van der Waals surface area contributed by atoms with Crippen LogP contribution in [0.2, 0.25) is 0 Å². The molecule has 1 saturated heterocycles. The Morgan fingerprint density at radius 1 is 1.18 bits per heavy atom. The van der Waals surface area contributed by atoms with Gasteiger partial charge >= 0.3 is 0 Å². The Hall–Kier alpha value is -1.94. The van der Waals surface area contributed by atoms with Crippen LogP contribution < -0.4 is 5.56 Å². The van der Waals surface area contributed by atoms with E-state index in [4.69, 9.17) is 0 Å². The summed E-state index contributed by atoms with van der Waals surface area (Å²) in [4.78, 5) is 18.7. The summed E-state index contributed by atoms with van der Waals surface area (Å²) in [6.45, 7) is 5.86. The second-order valence-electron chi connectivity index (χ2n) is 6.24. The molecule has 0 atom stereocenters. The Morgan fingerprint density at radius 3 is 2.64 bits per heavy atom. The van der Waals surface area contributed by atoms with Gasteiger partial charge in [0.2, 0.25) is 0 Å². The molecule has 0 spiro atoms. The van der Waals surface area contributed by atoms with E-state index in [2.05, 4.69) is 40.2 Å². The van der Waals surface area contributed by atoms with Crippen LogP contribution in [0.4, 0.5) is 0 Å². The van der Waals surface area contributed by atoms with Gasteiger partial charge in [-0.1, -0.05) is 30.3 Å². The van der Waals surface area contributed by atoms with Crippen molar-refractivity contribution in [3.63, 3.8) is 0 Å². The van der Waals surface area contributed by atoms with E-state index in [9.17, 15) is 4.79 Å². The van der Waals surface area contributed by atoms with Gasteiger partial charge in [-0.05, 0) is 44.3 Å². The van der Waals surface area contributed by atoms with Crippen LogP contribution in [-0.4, -0.2) is 27.5 Å². The van der Waals surface area contributed by atoms with Crippen molar-refractivity contribution in [3.05, 3.63) is 64.3 Å². The number of aryl methyl sites for hydroxylation is 1. The first-order valence-electron chi connectivity index (χ1n) is 7.99. The number of hydrogen-bond donors (Lipinski definition) is 0. The summed E-state index contributed by atoms with van der Waals surface area (Å²) in [6.07, 6.45) is 5.60. The molecule has 0 amide bonds. The van der Waals surface area contributed by atoms with Crippen molar-refractivity contribution < 1.29 is 0 Å². The largest absolute Gasteiger partial charge is 0.299 e. The van der Waals surface area contributed by atoms with Gasteiger partial charge in [0, 0.05) is 24.8 Å². The first kappa shape index (κ1) is 15.0. The van der Waals surface area contributed by atoms with Gasteiger partial charge in [-0.3, -0.25) is 14.3 Å². The van der Waals surface area contributed by atoms with E-state index in [0.717, 1.165) is 44.6 Å². The van der Waals surface area contributed by atoms with Crippen molar-refractivity contribution in [2.24, 2.45) is 5.92 Å². The molecule has 1 aliphatic heterocycles. The van der Waals surface area contributed by atoms with E-state index < -0.39 is 0 Å². The fraction of sp³-hybridized carbons (Fsp3) is 0.444. The Labute approximate surface area is 131 Å². The molecule has 1 aromatic heterocycles. The fourth-order valence-electron chi connectivity index (χ4n) is 3.14. The highest BCUT2D eigenvalue weighted by Crippen LogP contribution is 2.20. The molecule has 3 rings (SSSR count). The molecule has 0 saturated carbocycles. The monoisotopic (exact) mass is 297 g/mol.